The number of carbonyl (C=O) groups excluding carboxylic acids is 1. The Morgan fingerprint density at radius 2 is 2.53 bits per heavy atom. The minimum atomic E-state index is -0.0749. The van der Waals surface area contributed by atoms with Crippen LogP contribution >= 0.6 is 0 Å². The molecule has 0 unspecified atom stereocenters. The average molecular weight is 206 g/mol. The maximum absolute atomic E-state index is 11.2. The molecule has 1 rings (SSSR count). The molecule has 1 heterocycles. The minimum Gasteiger partial charge on any atom is -0.351 e. The molecule has 0 atom stereocenters. The Kier molecular flexibility index (Phi) is 4.38. The van der Waals surface area contributed by atoms with Gasteiger partial charge in [-0.3, -0.25) is 14.8 Å². The van der Waals surface area contributed by atoms with Gasteiger partial charge in [0.2, 0.25) is 5.91 Å². The normalized spacial score (nSPS) is 9.60. The van der Waals surface area contributed by atoms with Gasteiger partial charge in [-0.15, -0.1) is 6.42 Å². The summed E-state index contributed by atoms with van der Waals surface area (Å²) in [5.74, 6) is 2.32. The zero-order valence-electron chi connectivity index (χ0n) is 8.66. The molecule has 0 radical (unpaired) electrons. The molecule has 0 fully saturated rings. The van der Waals surface area contributed by atoms with Crippen molar-refractivity contribution in [3.05, 3.63) is 18.0 Å². The third-order valence-electron chi connectivity index (χ3n) is 1.76. The van der Waals surface area contributed by atoms with E-state index in [0.717, 1.165) is 5.56 Å². The number of aromatic nitrogens is 2. The summed E-state index contributed by atoms with van der Waals surface area (Å²) in [4.78, 5) is 11.2. The molecule has 80 valence electrons. The van der Waals surface area contributed by atoms with E-state index in [0.29, 0.717) is 13.1 Å². The number of nitrogens with one attached hydrogen (secondary N) is 2. The molecule has 0 aromatic carbocycles. The molecule has 0 saturated carbocycles. The molecule has 0 saturated heterocycles. The van der Waals surface area contributed by atoms with Gasteiger partial charge in [-0.1, -0.05) is 5.92 Å². The predicted molar refractivity (Wildman–Crippen MR) is 56.8 cm³/mol. The van der Waals surface area contributed by atoms with E-state index in [1.807, 2.05) is 13.2 Å². The van der Waals surface area contributed by atoms with Crippen LogP contribution in [-0.2, 0) is 18.4 Å². The van der Waals surface area contributed by atoms with E-state index in [1.165, 1.54) is 0 Å². The smallest absolute Gasteiger partial charge is 0.234 e. The quantitative estimate of drug-likeness (QED) is 0.493. The lowest BCUT2D eigenvalue weighted by Crippen LogP contribution is -2.33. The summed E-state index contributed by atoms with van der Waals surface area (Å²) in [7, 11) is 1.83. The molecular weight excluding hydrogens is 192 g/mol. The highest BCUT2D eigenvalue weighted by molar-refractivity contribution is 5.77. The number of rotatable bonds is 5. The van der Waals surface area contributed by atoms with Crippen LogP contribution in [0.5, 0.6) is 0 Å². The van der Waals surface area contributed by atoms with E-state index >= 15 is 0 Å². The van der Waals surface area contributed by atoms with Gasteiger partial charge in [0.1, 0.15) is 0 Å². The summed E-state index contributed by atoms with van der Waals surface area (Å²) in [6.45, 7) is 1.13. The van der Waals surface area contributed by atoms with Crippen LogP contribution in [0, 0.1) is 12.3 Å². The van der Waals surface area contributed by atoms with Gasteiger partial charge in [0.05, 0.1) is 19.3 Å². The summed E-state index contributed by atoms with van der Waals surface area (Å²) < 4.78 is 1.69. The Morgan fingerprint density at radius 1 is 1.73 bits per heavy atom. The van der Waals surface area contributed by atoms with E-state index in [2.05, 4.69) is 21.7 Å². The Bertz CT molecular complexity index is 364. The van der Waals surface area contributed by atoms with Crippen LogP contribution in [0.2, 0.25) is 0 Å². The van der Waals surface area contributed by atoms with Crippen molar-refractivity contribution in [2.45, 2.75) is 6.54 Å². The van der Waals surface area contributed by atoms with Crippen molar-refractivity contribution in [1.29, 1.82) is 0 Å². The molecule has 5 nitrogen and oxygen atoms in total. The highest BCUT2D eigenvalue weighted by atomic mass is 16.1. The molecule has 1 aromatic rings. The van der Waals surface area contributed by atoms with Crippen LogP contribution in [0.25, 0.3) is 0 Å². The van der Waals surface area contributed by atoms with E-state index in [1.54, 1.807) is 10.9 Å². The molecule has 0 aliphatic carbocycles. The van der Waals surface area contributed by atoms with Crippen molar-refractivity contribution in [2.75, 3.05) is 13.1 Å². The lowest BCUT2D eigenvalue weighted by Gasteiger charge is -2.02. The molecule has 0 bridgehead atoms. The van der Waals surface area contributed by atoms with Gasteiger partial charge in [0, 0.05) is 25.4 Å². The van der Waals surface area contributed by atoms with E-state index in [9.17, 15) is 4.79 Å². The summed E-state index contributed by atoms with van der Waals surface area (Å²) >= 11 is 0. The number of aryl methyl sites for hydroxylation is 1. The van der Waals surface area contributed by atoms with Crippen LogP contribution in [0.3, 0.4) is 0 Å². The number of hydrogen-bond donors (Lipinski definition) is 2. The Hall–Kier alpha value is -1.80. The van der Waals surface area contributed by atoms with Crippen LogP contribution in [0.4, 0.5) is 0 Å². The Morgan fingerprint density at radius 3 is 3.13 bits per heavy atom. The minimum absolute atomic E-state index is 0.0749. The largest absolute Gasteiger partial charge is 0.351 e. The first kappa shape index (κ1) is 11.3. The van der Waals surface area contributed by atoms with Gasteiger partial charge in [0.15, 0.2) is 0 Å². The van der Waals surface area contributed by atoms with Gasteiger partial charge in [-0.05, 0) is 0 Å². The highest BCUT2D eigenvalue weighted by Gasteiger charge is 2.00. The van der Waals surface area contributed by atoms with Crippen molar-refractivity contribution < 1.29 is 4.79 Å². The number of amides is 1. The maximum Gasteiger partial charge on any atom is 0.234 e. The summed E-state index contributed by atoms with van der Waals surface area (Å²) in [5.41, 5.74) is 0.975. The van der Waals surface area contributed by atoms with Gasteiger partial charge in [-0.2, -0.15) is 5.10 Å². The first-order valence-electron chi connectivity index (χ1n) is 4.61. The van der Waals surface area contributed by atoms with E-state index < -0.39 is 0 Å². The fraction of sp³-hybridized carbons (Fsp3) is 0.400. The zero-order chi connectivity index (χ0) is 11.1. The van der Waals surface area contributed by atoms with Gasteiger partial charge < -0.3 is 5.32 Å². The third-order valence-corrected chi connectivity index (χ3v) is 1.76. The van der Waals surface area contributed by atoms with Gasteiger partial charge in [0.25, 0.3) is 0 Å². The van der Waals surface area contributed by atoms with E-state index in [4.69, 9.17) is 6.42 Å². The molecule has 1 aromatic heterocycles. The Labute approximate surface area is 88.9 Å². The van der Waals surface area contributed by atoms with Crippen molar-refractivity contribution >= 4 is 5.91 Å². The number of terminal acetylenes is 1. The second-order valence-electron chi connectivity index (χ2n) is 3.11. The molecular formula is C10H14N4O. The lowest BCUT2D eigenvalue weighted by molar-refractivity contribution is -0.120. The molecule has 15 heavy (non-hydrogen) atoms. The van der Waals surface area contributed by atoms with Crippen LogP contribution in [0.1, 0.15) is 5.56 Å². The van der Waals surface area contributed by atoms with Crippen LogP contribution in [-0.4, -0.2) is 28.8 Å². The third kappa shape index (κ3) is 4.29. The summed E-state index contributed by atoms with van der Waals surface area (Å²) in [6.07, 6.45) is 8.60. The molecule has 0 aliphatic rings. The second-order valence-corrected chi connectivity index (χ2v) is 3.11. The fourth-order valence-corrected chi connectivity index (χ4v) is 1.07. The SMILES string of the molecule is C#CCNCC(=O)NCc1cnn(C)c1. The molecule has 0 spiro atoms. The predicted octanol–water partition coefficient (Wildman–Crippen LogP) is -0.741. The monoisotopic (exact) mass is 206 g/mol. The first-order valence-corrected chi connectivity index (χ1v) is 4.61. The molecule has 5 heteroatoms. The molecule has 1 amide bonds. The summed E-state index contributed by atoms with van der Waals surface area (Å²) in [6, 6.07) is 0. The lowest BCUT2D eigenvalue weighted by atomic mass is 10.3. The van der Waals surface area contributed by atoms with Crippen molar-refractivity contribution in [3.63, 3.8) is 0 Å². The summed E-state index contributed by atoms with van der Waals surface area (Å²) in [5, 5.41) is 9.55. The zero-order valence-corrected chi connectivity index (χ0v) is 8.66. The topological polar surface area (TPSA) is 59.0 Å². The van der Waals surface area contributed by atoms with Crippen LogP contribution < -0.4 is 10.6 Å². The fourth-order valence-electron chi connectivity index (χ4n) is 1.07. The first-order chi connectivity index (χ1) is 7.22. The standard InChI is InChI=1S/C10H14N4O/c1-3-4-11-7-10(15)12-5-9-6-13-14(2)8-9/h1,6,8,11H,4-5,7H2,2H3,(H,12,15). The number of carbonyl (C=O) groups is 1. The van der Waals surface area contributed by atoms with Gasteiger partial charge >= 0.3 is 0 Å². The average Bonchev–Trinajstić information content (AvgIpc) is 2.62. The molecule has 0 aliphatic heterocycles. The second kappa shape index (κ2) is 5.83. The van der Waals surface area contributed by atoms with Gasteiger partial charge in [-0.25, -0.2) is 0 Å². The number of nitrogens with zero attached hydrogens (tertiary/aromatic N) is 2. The van der Waals surface area contributed by atoms with Crippen molar-refractivity contribution in [1.82, 2.24) is 20.4 Å². The molecule has 2 N–H and O–H groups in total. The Balaban J connectivity index is 2.20. The highest BCUT2D eigenvalue weighted by Crippen LogP contribution is 1.94. The van der Waals surface area contributed by atoms with E-state index in [-0.39, 0.29) is 12.5 Å². The van der Waals surface area contributed by atoms with Crippen LogP contribution in [0.15, 0.2) is 12.4 Å². The maximum atomic E-state index is 11.2. The number of hydrogen-bond acceptors (Lipinski definition) is 3. The van der Waals surface area contributed by atoms with Crippen molar-refractivity contribution in [3.8, 4) is 12.3 Å². The van der Waals surface area contributed by atoms with Crippen molar-refractivity contribution in [2.24, 2.45) is 7.05 Å².